The number of ketones is 1. The molecule has 1 N–H and O–H groups in total. The molecule has 240 valence electrons. The highest BCUT2D eigenvalue weighted by Crippen LogP contribution is 2.46. The average molecular weight is 719 g/mol. The number of hydrogen-bond acceptors (Lipinski definition) is 9. The first kappa shape index (κ1) is 34.1. The van der Waals surface area contributed by atoms with Crippen LogP contribution in [0.2, 0.25) is 15.1 Å². The van der Waals surface area contributed by atoms with Crippen LogP contribution in [-0.4, -0.2) is 40.2 Å². The van der Waals surface area contributed by atoms with Gasteiger partial charge in [-0.25, -0.2) is 0 Å². The van der Waals surface area contributed by atoms with E-state index in [0.29, 0.717) is 61.0 Å². The number of thioether (sulfide) groups is 1. The van der Waals surface area contributed by atoms with E-state index >= 15 is 0 Å². The Kier molecular flexibility index (Phi) is 11.5. The average Bonchev–Trinajstić information content (AvgIpc) is 3.61. The van der Waals surface area contributed by atoms with Crippen LogP contribution in [0.5, 0.6) is 11.5 Å². The summed E-state index contributed by atoms with van der Waals surface area (Å²) in [5.74, 6) is -0.536. The summed E-state index contributed by atoms with van der Waals surface area (Å²) < 4.78 is 12.5. The molecule has 1 aromatic heterocycles. The van der Waals surface area contributed by atoms with Crippen molar-refractivity contribution in [1.29, 1.82) is 0 Å². The van der Waals surface area contributed by atoms with Crippen molar-refractivity contribution in [2.24, 2.45) is 0 Å². The molecule has 2 heterocycles. The van der Waals surface area contributed by atoms with Crippen molar-refractivity contribution in [2.45, 2.75) is 49.2 Å². The molecule has 1 amide bonds. The molecular weight excluding hydrogens is 689 g/mol. The Hall–Kier alpha value is -3.28. The number of nitrogens with zero attached hydrogens (tertiary/aromatic N) is 3. The Morgan fingerprint density at radius 2 is 1.70 bits per heavy atom. The number of aliphatic hydroxyl groups is 1. The summed E-state index contributed by atoms with van der Waals surface area (Å²) in [6.45, 7) is 4.87. The van der Waals surface area contributed by atoms with Crippen molar-refractivity contribution >= 4 is 80.5 Å². The maximum absolute atomic E-state index is 13.7. The van der Waals surface area contributed by atoms with Gasteiger partial charge in [0.05, 0.1) is 24.8 Å². The highest BCUT2D eigenvalue weighted by Gasteiger charge is 2.48. The van der Waals surface area contributed by atoms with E-state index in [1.165, 1.54) is 16.7 Å². The number of carbonyl (C=O) groups is 2. The largest absolute Gasteiger partial charge is 0.507 e. The molecule has 13 heteroatoms. The van der Waals surface area contributed by atoms with Crippen molar-refractivity contribution in [3.8, 4) is 11.5 Å². The minimum Gasteiger partial charge on any atom is -0.507 e. The van der Waals surface area contributed by atoms with Crippen LogP contribution in [-0.2, 0) is 15.3 Å². The molecule has 5 rings (SSSR count). The van der Waals surface area contributed by atoms with E-state index in [0.717, 1.165) is 36.2 Å². The van der Waals surface area contributed by atoms with Crippen LogP contribution in [0, 0.1) is 0 Å². The molecule has 8 nitrogen and oxygen atoms in total. The number of unbranched alkanes of at least 4 members (excludes halogenated alkanes) is 2. The number of halogens is 3. The van der Waals surface area contributed by atoms with Gasteiger partial charge in [0.2, 0.25) is 5.13 Å². The van der Waals surface area contributed by atoms with E-state index in [-0.39, 0.29) is 16.5 Å². The van der Waals surface area contributed by atoms with Gasteiger partial charge in [0.25, 0.3) is 5.78 Å². The molecule has 0 spiro atoms. The number of anilines is 1. The number of aliphatic hydroxyl groups excluding tert-OH is 1. The molecule has 0 bridgehead atoms. The van der Waals surface area contributed by atoms with Crippen molar-refractivity contribution < 1.29 is 24.2 Å². The van der Waals surface area contributed by atoms with E-state index in [2.05, 4.69) is 17.1 Å². The first-order chi connectivity index (χ1) is 22.2. The van der Waals surface area contributed by atoms with Crippen LogP contribution in [0.4, 0.5) is 5.13 Å². The number of amides is 1. The van der Waals surface area contributed by atoms with Crippen LogP contribution in [0.1, 0.15) is 55.8 Å². The Bertz CT molecular complexity index is 1760. The second-order valence-electron chi connectivity index (χ2n) is 10.2. The lowest BCUT2D eigenvalue weighted by atomic mass is 9.95. The topological polar surface area (TPSA) is 102 Å². The van der Waals surface area contributed by atoms with Gasteiger partial charge in [-0.3, -0.25) is 14.5 Å². The van der Waals surface area contributed by atoms with Gasteiger partial charge in [-0.2, -0.15) is 0 Å². The standard InChI is InChI=1S/C33H30Cl3N3O5S2/c1-3-5-6-15-44-25-14-10-20(16-26(25)43-4-2)28-27(29(40)19-7-11-22(34)12-8-19)30(41)31(42)39(28)32-37-38-33(46-32)45-18-21-9-13-23(35)17-24(21)36/h7-14,16-17,28,40H,3-6,15,18H2,1-2H3/b29-27+. The fraction of sp³-hybridized carbons (Fsp3) is 0.273. The number of benzene rings is 3. The number of hydrogen-bond donors (Lipinski definition) is 1. The zero-order valence-electron chi connectivity index (χ0n) is 25.0. The number of carbonyl (C=O) groups excluding carboxylic acids is 2. The molecule has 46 heavy (non-hydrogen) atoms. The number of aromatic nitrogens is 2. The summed E-state index contributed by atoms with van der Waals surface area (Å²) in [5, 5.41) is 21.8. The van der Waals surface area contributed by atoms with Crippen LogP contribution in [0.3, 0.4) is 0 Å². The Labute approximate surface area is 290 Å². The van der Waals surface area contributed by atoms with Crippen molar-refractivity contribution in [2.75, 3.05) is 18.1 Å². The third kappa shape index (κ3) is 7.64. The molecule has 1 unspecified atom stereocenters. The highest BCUT2D eigenvalue weighted by molar-refractivity contribution is 8.00. The minimum absolute atomic E-state index is 0.0938. The Morgan fingerprint density at radius 3 is 2.41 bits per heavy atom. The lowest BCUT2D eigenvalue weighted by molar-refractivity contribution is -0.132. The molecule has 3 aromatic carbocycles. The SMILES string of the molecule is CCCCCOc1ccc(C2/C(=C(\O)c3ccc(Cl)cc3)C(=O)C(=O)N2c2nnc(SCc3ccc(Cl)cc3Cl)s2)cc1OCC. The summed E-state index contributed by atoms with van der Waals surface area (Å²) in [7, 11) is 0. The second-order valence-corrected chi connectivity index (χ2v) is 13.7. The number of ether oxygens (including phenoxy) is 2. The highest BCUT2D eigenvalue weighted by atomic mass is 35.5. The predicted octanol–water partition coefficient (Wildman–Crippen LogP) is 9.38. The van der Waals surface area contributed by atoms with Crippen molar-refractivity contribution in [1.82, 2.24) is 10.2 Å². The van der Waals surface area contributed by atoms with Gasteiger partial charge in [0.15, 0.2) is 15.8 Å². The Morgan fingerprint density at radius 1 is 0.935 bits per heavy atom. The van der Waals surface area contributed by atoms with Crippen LogP contribution >= 0.6 is 57.9 Å². The smallest absolute Gasteiger partial charge is 0.301 e. The first-order valence-electron chi connectivity index (χ1n) is 14.6. The van der Waals surface area contributed by atoms with Gasteiger partial charge in [-0.05, 0) is 73.0 Å². The molecular formula is C33H30Cl3N3O5S2. The van der Waals surface area contributed by atoms with Gasteiger partial charge in [-0.15, -0.1) is 10.2 Å². The zero-order valence-corrected chi connectivity index (χ0v) is 28.9. The van der Waals surface area contributed by atoms with Crippen molar-refractivity contribution in [3.05, 3.63) is 98.0 Å². The monoisotopic (exact) mass is 717 g/mol. The first-order valence-corrected chi connectivity index (χ1v) is 17.5. The number of Topliss-reactive ketones (excluding diaryl/α,β-unsaturated/α-hetero) is 1. The molecule has 1 atom stereocenters. The predicted molar refractivity (Wildman–Crippen MR) is 185 cm³/mol. The quantitative estimate of drug-likeness (QED) is 0.0365. The summed E-state index contributed by atoms with van der Waals surface area (Å²) in [5.41, 5.74) is 1.62. The van der Waals surface area contributed by atoms with E-state index in [1.807, 2.05) is 13.0 Å². The van der Waals surface area contributed by atoms with Crippen LogP contribution in [0.15, 0.2) is 70.6 Å². The van der Waals surface area contributed by atoms with E-state index < -0.39 is 17.7 Å². The molecule has 1 aliphatic rings. The maximum atomic E-state index is 13.7. The van der Waals surface area contributed by atoms with Crippen LogP contribution in [0.25, 0.3) is 5.76 Å². The van der Waals surface area contributed by atoms with E-state index in [9.17, 15) is 14.7 Å². The summed E-state index contributed by atoms with van der Waals surface area (Å²) in [4.78, 5) is 28.6. The molecule has 0 radical (unpaired) electrons. The molecule has 0 saturated carbocycles. The van der Waals surface area contributed by atoms with Gasteiger partial charge in [0.1, 0.15) is 5.76 Å². The molecule has 1 fully saturated rings. The minimum atomic E-state index is -1.03. The van der Waals surface area contributed by atoms with Gasteiger partial charge < -0.3 is 14.6 Å². The summed E-state index contributed by atoms with van der Waals surface area (Å²) >= 11 is 21.0. The lowest BCUT2D eigenvalue weighted by Gasteiger charge is -2.23. The third-order valence-corrected chi connectivity index (χ3v) is 10.1. The second kappa shape index (κ2) is 15.5. The maximum Gasteiger partial charge on any atom is 0.301 e. The fourth-order valence-corrected chi connectivity index (χ4v) is 7.41. The number of rotatable bonds is 13. The summed E-state index contributed by atoms with van der Waals surface area (Å²) in [6.07, 6.45) is 3.00. The molecule has 1 saturated heterocycles. The van der Waals surface area contributed by atoms with Gasteiger partial charge >= 0.3 is 5.91 Å². The lowest BCUT2D eigenvalue weighted by Crippen LogP contribution is -2.29. The van der Waals surface area contributed by atoms with E-state index in [1.54, 1.807) is 54.6 Å². The van der Waals surface area contributed by atoms with Crippen molar-refractivity contribution in [3.63, 3.8) is 0 Å². The third-order valence-electron chi connectivity index (χ3n) is 7.12. The zero-order chi connectivity index (χ0) is 32.8. The van der Waals surface area contributed by atoms with Gasteiger partial charge in [0, 0.05) is 26.4 Å². The van der Waals surface area contributed by atoms with Gasteiger partial charge in [-0.1, -0.05) is 89.8 Å². The molecule has 1 aliphatic heterocycles. The molecule has 4 aromatic rings. The van der Waals surface area contributed by atoms with E-state index in [4.69, 9.17) is 44.3 Å². The fourth-order valence-electron chi connectivity index (χ4n) is 4.86. The van der Waals surface area contributed by atoms with Crippen LogP contribution < -0.4 is 14.4 Å². The normalized spacial score (nSPS) is 15.8. The summed E-state index contributed by atoms with van der Waals surface area (Å²) in [6, 6.07) is 15.9. The molecule has 0 aliphatic carbocycles. The Balaban J connectivity index is 1.54.